The lowest BCUT2D eigenvalue weighted by Crippen LogP contribution is -2.02. The maximum atomic E-state index is 11.8. The lowest BCUT2D eigenvalue weighted by Gasteiger charge is -2.11. The molecule has 1 saturated carbocycles. The van der Waals surface area contributed by atoms with E-state index in [0.29, 0.717) is 49.1 Å². The number of carbonyl (C=O) groups excluding carboxylic acids is 1. The van der Waals surface area contributed by atoms with Crippen LogP contribution in [0.4, 0.5) is 0 Å². The van der Waals surface area contributed by atoms with Crippen LogP contribution in [0, 0.1) is 11.3 Å². The van der Waals surface area contributed by atoms with Gasteiger partial charge in [0.2, 0.25) is 0 Å². The Bertz CT molecular complexity index is 1620. The normalized spacial score (nSPS) is 13.2. The monoisotopic (exact) mass is 579 g/mol. The third kappa shape index (κ3) is 5.79. The van der Waals surface area contributed by atoms with E-state index in [0.717, 1.165) is 24.2 Å². The van der Waals surface area contributed by atoms with Crippen LogP contribution in [0.25, 0.3) is 22.9 Å². The fraction of sp³-hybridized carbons (Fsp3) is 0.172. The summed E-state index contributed by atoms with van der Waals surface area (Å²) in [6, 6.07) is 14.1. The van der Waals surface area contributed by atoms with E-state index in [1.807, 2.05) is 0 Å². The van der Waals surface area contributed by atoms with Crippen molar-refractivity contribution < 1.29 is 18.8 Å². The molecule has 10 heteroatoms. The van der Waals surface area contributed by atoms with Gasteiger partial charge in [-0.1, -0.05) is 46.0 Å². The second-order valence-electron chi connectivity index (χ2n) is 8.84. The molecular formula is C29H20Cl3N3O4. The average molecular weight is 581 g/mol. The lowest BCUT2D eigenvalue weighted by molar-refractivity contribution is 0.0600. The Morgan fingerprint density at radius 1 is 1.10 bits per heavy atom. The van der Waals surface area contributed by atoms with Crippen LogP contribution in [0.2, 0.25) is 15.1 Å². The van der Waals surface area contributed by atoms with E-state index in [-0.39, 0.29) is 17.7 Å². The molecule has 0 radical (unpaired) electrons. The van der Waals surface area contributed by atoms with Gasteiger partial charge in [-0.15, -0.1) is 0 Å². The zero-order chi connectivity index (χ0) is 27.5. The Kier molecular flexibility index (Phi) is 7.89. The minimum absolute atomic E-state index is 0.174. The summed E-state index contributed by atoms with van der Waals surface area (Å²) in [4.78, 5) is 15.9. The van der Waals surface area contributed by atoms with Gasteiger partial charge in [-0.3, -0.25) is 4.98 Å². The van der Waals surface area contributed by atoms with E-state index >= 15 is 0 Å². The summed E-state index contributed by atoms with van der Waals surface area (Å²) in [5.74, 6) is 1.04. The first-order valence-electron chi connectivity index (χ1n) is 11.9. The molecule has 1 aliphatic carbocycles. The van der Waals surface area contributed by atoms with Crippen LogP contribution in [-0.2, 0) is 11.3 Å². The standard InChI is InChI=1S/C29H20Cl3N3O4/c1-37-29(36)20-10-19(13-34-14-20)18(12-33)9-17-7-8-21(11-25(17)32)38-15-22-27(35-39-28(22)16-5-6-16)26-23(30)3-2-4-24(26)31/h2-4,7-11,13-14,16H,5-6,15H2,1H3/b18-9+. The van der Waals surface area contributed by atoms with E-state index in [1.165, 1.54) is 19.5 Å². The summed E-state index contributed by atoms with van der Waals surface area (Å²) in [6.07, 6.45) is 6.52. The number of nitriles is 1. The summed E-state index contributed by atoms with van der Waals surface area (Å²) < 4.78 is 16.5. The molecule has 0 N–H and O–H groups in total. The van der Waals surface area contributed by atoms with Crippen LogP contribution >= 0.6 is 34.8 Å². The number of ether oxygens (including phenoxy) is 2. The minimum Gasteiger partial charge on any atom is -0.489 e. The van der Waals surface area contributed by atoms with Crippen LogP contribution in [0.1, 0.15) is 51.6 Å². The lowest BCUT2D eigenvalue weighted by atomic mass is 10.0. The van der Waals surface area contributed by atoms with Gasteiger partial charge in [0, 0.05) is 29.4 Å². The number of halogens is 3. The Hall–Kier alpha value is -3.83. The molecule has 0 aliphatic heterocycles. The van der Waals surface area contributed by atoms with Gasteiger partial charge in [-0.25, -0.2) is 4.79 Å². The summed E-state index contributed by atoms with van der Waals surface area (Å²) in [5.41, 5.74) is 3.52. The molecule has 4 aromatic rings. The van der Waals surface area contributed by atoms with E-state index < -0.39 is 5.97 Å². The quantitative estimate of drug-likeness (QED) is 0.154. The third-order valence-electron chi connectivity index (χ3n) is 6.21. The van der Waals surface area contributed by atoms with Crippen molar-refractivity contribution in [3.05, 3.63) is 97.9 Å². The van der Waals surface area contributed by atoms with Crippen LogP contribution in [0.5, 0.6) is 5.75 Å². The highest BCUT2D eigenvalue weighted by atomic mass is 35.5. The molecule has 1 fully saturated rings. The molecule has 0 spiro atoms. The Labute approximate surface area is 239 Å². The molecule has 0 atom stereocenters. The van der Waals surface area contributed by atoms with Crippen molar-refractivity contribution in [2.45, 2.75) is 25.4 Å². The topological polar surface area (TPSA) is 98.2 Å². The molecule has 2 heterocycles. The molecule has 39 heavy (non-hydrogen) atoms. The van der Waals surface area contributed by atoms with Gasteiger partial charge < -0.3 is 14.0 Å². The molecule has 7 nitrogen and oxygen atoms in total. The molecule has 196 valence electrons. The third-order valence-corrected chi connectivity index (χ3v) is 7.17. The zero-order valence-corrected chi connectivity index (χ0v) is 22.8. The average Bonchev–Trinajstić information content (AvgIpc) is 3.71. The molecule has 0 unspecified atom stereocenters. The molecule has 0 amide bonds. The van der Waals surface area contributed by atoms with Gasteiger partial charge in [0.25, 0.3) is 0 Å². The number of pyridine rings is 1. The second kappa shape index (κ2) is 11.5. The fourth-order valence-corrected chi connectivity index (χ4v) is 4.87. The Morgan fingerprint density at radius 3 is 2.51 bits per heavy atom. The number of allylic oxidation sites excluding steroid dienone is 1. The van der Waals surface area contributed by atoms with Crippen molar-refractivity contribution in [3.63, 3.8) is 0 Å². The van der Waals surface area contributed by atoms with E-state index in [2.05, 4.69) is 16.2 Å². The van der Waals surface area contributed by atoms with Crippen LogP contribution in [0.15, 0.2) is 59.4 Å². The first-order chi connectivity index (χ1) is 18.9. The minimum atomic E-state index is -0.543. The van der Waals surface area contributed by atoms with Crippen molar-refractivity contribution >= 4 is 52.4 Å². The maximum Gasteiger partial charge on any atom is 0.339 e. The van der Waals surface area contributed by atoms with Gasteiger partial charge in [-0.2, -0.15) is 5.26 Å². The highest BCUT2D eigenvalue weighted by molar-refractivity contribution is 6.39. The van der Waals surface area contributed by atoms with Gasteiger partial charge >= 0.3 is 5.97 Å². The molecule has 1 aliphatic rings. The summed E-state index contributed by atoms with van der Waals surface area (Å²) in [6.45, 7) is 0.174. The number of rotatable bonds is 8. The molecular weight excluding hydrogens is 561 g/mol. The van der Waals surface area contributed by atoms with Crippen molar-refractivity contribution in [1.82, 2.24) is 10.1 Å². The van der Waals surface area contributed by atoms with Gasteiger partial charge in [0.1, 0.15) is 23.8 Å². The van der Waals surface area contributed by atoms with Crippen molar-refractivity contribution in [2.75, 3.05) is 7.11 Å². The Morgan fingerprint density at radius 2 is 1.85 bits per heavy atom. The summed E-state index contributed by atoms with van der Waals surface area (Å²) in [5, 5.41) is 15.3. The molecule has 0 saturated heterocycles. The second-order valence-corrected chi connectivity index (χ2v) is 10.1. The largest absolute Gasteiger partial charge is 0.489 e. The maximum absolute atomic E-state index is 11.8. The predicted molar refractivity (Wildman–Crippen MR) is 149 cm³/mol. The number of esters is 1. The highest BCUT2D eigenvalue weighted by Gasteiger charge is 2.33. The number of carbonyl (C=O) groups is 1. The van der Waals surface area contributed by atoms with Gasteiger partial charge in [-0.05, 0) is 60.9 Å². The van der Waals surface area contributed by atoms with Gasteiger partial charge in [0.15, 0.2) is 0 Å². The predicted octanol–water partition coefficient (Wildman–Crippen LogP) is 8.00. The SMILES string of the molecule is COC(=O)c1cncc(/C(C#N)=C/c2ccc(OCc3c(-c4c(Cl)cccc4Cl)noc3C3CC3)cc2Cl)c1. The van der Waals surface area contributed by atoms with Crippen molar-refractivity contribution in [1.29, 1.82) is 5.26 Å². The van der Waals surface area contributed by atoms with E-state index in [4.69, 9.17) is 48.8 Å². The molecule has 5 rings (SSSR count). The van der Waals surface area contributed by atoms with Crippen LogP contribution in [-0.4, -0.2) is 23.2 Å². The number of nitrogens with zero attached hydrogens (tertiary/aromatic N) is 3. The molecule has 2 aromatic heterocycles. The van der Waals surface area contributed by atoms with Crippen molar-refractivity contribution in [3.8, 4) is 23.1 Å². The molecule has 0 bridgehead atoms. The Balaban J connectivity index is 1.40. The van der Waals surface area contributed by atoms with Crippen LogP contribution < -0.4 is 4.74 Å². The summed E-state index contributed by atoms with van der Waals surface area (Å²) >= 11 is 19.4. The number of hydrogen-bond donors (Lipinski definition) is 0. The smallest absolute Gasteiger partial charge is 0.339 e. The van der Waals surface area contributed by atoms with Crippen molar-refractivity contribution in [2.24, 2.45) is 0 Å². The molecule has 2 aromatic carbocycles. The summed E-state index contributed by atoms with van der Waals surface area (Å²) in [7, 11) is 1.28. The van der Waals surface area contributed by atoms with Gasteiger partial charge in [0.05, 0.1) is 44.9 Å². The first-order valence-corrected chi connectivity index (χ1v) is 13.0. The van der Waals surface area contributed by atoms with E-state index in [9.17, 15) is 10.1 Å². The van der Waals surface area contributed by atoms with E-state index in [1.54, 1.807) is 48.5 Å². The fourth-order valence-electron chi connectivity index (χ4n) is 4.07. The number of hydrogen-bond acceptors (Lipinski definition) is 7. The highest BCUT2D eigenvalue weighted by Crippen LogP contribution is 2.46. The van der Waals surface area contributed by atoms with Crippen LogP contribution in [0.3, 0.4) is 0 Å². The zero-order valence-electron chi connectivity index (χ0n) is 20.6. The first kappa shape index (κ1) is 26.8. The number of methoxy groups -OCH3 is 1. The number of benzene rings is 2. The number of aromatic nitrogens is 2.